The Morgan fingerprint density at radius 3 is 2.68 bits per heavy atom. The number of methoxy groups -OCH3 is 1. The quantitative estimate of drug-likeness (QED) is 0.676. The van der Waals surface area contributed by atoms with Gasteiger partial charge in [0.05, 0.1) is 7.11 Å². The summed E-state index contributed by atoms with van der Waals surface area (Å²) in [6.07, 6.45) is 2.30. The number of urea groups is 1. The van der Waals surface area contributed by atoms with E-state index < -0.39 is 12.0 Å². The van der Waals surface area contributed by atoms with Crippen LogP contribution in [0.3, 0.4) is 0 Å². The van der Waals surface area contributed by atoms with Crippen molar-refractivity contribution in [2.45, 2.75) is 25.3 Å². The van der Waals surface area contributed by atoms with Crippen molar-refractivity contribution in [3.05, 3.63) is 48.2 Å². The van der Waals surface area contributed by atoms with E-state index in [4.69, 9.17) is 9.84 Å². The van der Waals surface area contributed by atoms with E-state index >= 15 is 0 Å². The summed E-state index contributed by atoms with van der Waals surface area (Å²) in [5, 5.41) is 14.3. The lowest BCUT2D eigenvalue weighted by atomic mass is 10.0. The van der Waals surface area contributed by atoms with E-state index in [1.54, 1.807) is 0 Å². The molecule has 1 unspecified atom stereocenters. The van der Waals surface area contributed by atoms with Gasteiger partial charge in [-0.15, -0.1) is 0 Å². The highest BCUT2D eigenvalue weighted by Gasteiger charge is 2.15. The number of aliphatic carboxylic acids is 1. The molecule has 1 atom stereocenters. The summed E-state index contributed by atoms with van der Waals surface area (Å²) < 4.78 is 4.90. The van der Waals surface area contributed by atoms with Gasteiger partial charge in [0.2, 0.25) is 0 Å². The van der Waals surface area contributed by atoms with Crippen molar-refractivity contribution in [3.8, 4) is 6.01 Å². The van der Waals surface area contributed by atoms with Gasteiger partial charge in [-0.25, -0.2) is 9.78 Å². The van der Waals surface area contributed by atoms with Gasteiger partial charge < -0.3 is 15.2 Å². The summed E-state index contributed by atoms with van der Waals surface area (Å²) in [6.45, 7) is 0. The van der Waals surface area contributed by atoms with Crippen LogP contribution in [0.4, 0.5) is 10.6 Å². The van der Waals surface area contributed by atoms with Crippen molar-refractivity contribution in [3.63, 3.8) is 0 Å². The number of amides is 2. The Bertz CT molecular complexity index is 709. The predicted molar refractivity (Wildman–Crippen MR) is 91.5 cm³/mol. The Kier molecular flexibility index (Phi) is 6.70. The van der Waals surface area contributed by atoms with Gasteiger partial charge in [0.15, 0.2) is 0 Å². The van der Waals surface area contributed by atoms with Crippen LogP contribution in [0.2, 0.25) is 0 Å². The lowest BCUT2D eigenvalue weighted by Gasteiger charge is -2.18. The zero-order valence-corrected chi connectivity index (χ0v) is 13.8. The summed E-state index contributed by atoms with van der Waals surface area (Å²) in [5.41, 5.74) is 1.02. The minimum Gasteiger partial charge on any atom is -0.481 e. The summed E-state index contributed by atoms with van der Waals surface area (Å²) in [4.78, 5) is 30.9. The van der Waals surface area contributed by atoms with Gasteiger partial charge >= 0.3 is 18.0 Å². The van der Waals surface area contributed by atoms with Gasteiger partial charge in [-0.3, -0.25) is 10.1 Å². The number of carbonyl (C=O) groups excluding carboxylic acids is 1. The number of ether oxygens (including phenoxy) is 1. The number of nitrogens with zero attached hydrogens (tertiary/aromatic N) is 2. The van der Waals surface area contributed by atoms with Gasteiger partial charge in [0.25, 0.3) is 0 Å². The molecule has 0 fully saturated rings. The van der Waals surface area contributed by atoms with Crippen LogP contribution in [-0.4, -0.2) is 40.2 Å². The molecule has 0 aliphatic rings. The number of aromatic nitrogens is 2. The molecule has 0 saturated carbocycles. The molecule has 2 amide bonds. The number of nitrogens with one attached hydrogen (secondary N) is 2. The molecule has 8 nitrogen and oxygen atoms in total. The largest absolute Gasteiger partial charge is 0.481 e. The second kappa shape index (κ2) is 9.21. The van der Waals surface area contributed by atoms with E-state index in [2.05, 4.69) is 20.6 Å². The van der Waals surface area contributed by atoms with E-state index in [9.17, 15) is 9.59 Å². The number of hydrogen-bond acceptors (Lipinski definition) is 5. The number of anilines is 1. The molecule has 8 heteroatoms. The SMILES string of the molecule is COc1nccc(NC(=O)NC(CCC(=O)O)Cc2ccccc2)n1. The number of benzene rings is 1. The second-order valence-electron chi connectivity index (χ2n) is 5.35. The normalized spacial score (nSPS) is 11.4. The minimum absolute atomic E-state index is 0.0287. The number of carboxylic acids is 1. The monoisotopic (exact) mass is 344 g/mol. The fourth-order valence-corrected chi connectivity index (χ4v) is 2.27. The summed E-state index contributed by atoms with van der Waals surface area (Å²) in [5.74, 6) is -0.609. The molecule has 0 radical (unpaired) electrons. The molecule has 2 aromatic rings. The van der Waals surface area contributed by atoms with Crippen LogP contribution in [0.5, 0.6) is 6.01 Å². The van der Waals surface area contributed by atoms with Crippen LogP contribution < -0.4 is 15.4 Å². The Hall–Kier alpha value is -3.16. The van der Waals surface area contributed by atoms with Crippen molar-refractivity contribution in [2.75, 3.05) is 12.4 Å². The second-order valence-corrected chi connectivity index (χ2v) is 5.35. The third-order valence-electron chi connectivity index (χ3n) is 3.42. The molecule has 2 rings (SSSR count). The van der Waals surface area contributed by atoms with Crippen LogP contribution in [0.15, 0.2) is 42.6 Å². The lowest BCUT2D eigenvalue weighted by molar-refractivity contribution is -0.137. The topological polar surface area (TPSA) is 113 Å². The van der Waals surface area contributed by atoms with E-state index in [1.807, 2.05) is 30.3 Å². The summed E-state index contributed by atoms with van der Waals surface area (Å²) >= 11 is 0. The highest BCUT2D eigenvalue weighted by Crippen LogP contribution is 2.10. The van der Waals surface area contributed by atoms with E-state index in [-0.39, 0.29) is 18.5 Å². The van der Waals surface area contributed by atoms with Crippen LogP contribution in [0.25, 0.3) is 0 Å². The Balaban J connectivity index is 1.98. The van der Waals surface area contributed by atoms with E-state index in [1.165, 1.54) is 19.4 Å². The molecule has 0 bridgehead atoms. The van der Waals surface area contributed by atoms with Crippen molar-refractivity contribution in [1.29, 1.82) is 0 Å². The maximum atomic E-state index is 12.2. The average molecular weight is 344 g/mol. The zero-order chi connectivity index (χ0) is 18.1. The number of hydrogen-bond donors (Lipinski definition) is 3. The molecule has 0 saturated heterocycles. The van der Waals surface area contributed by atoms with Crippen molar-refractivity contribution in [1.82, 2.24) is 15.3 Å². The van der Waals surface area contributed by atoms with Crippen molar-refractivity contribution in [2.24, 2.45) is 0 Å². The number of carbonyl (C=O) groups is 2. The first-order chi connectivity index (χ1) is 12.1. The first-order valence-electron chi connectivity index (χ1n) is 7.77. The number of rotatable bonds is 8. The average Bonchev–Trinajstić information content (AvgIpc) is 2.60. The van der Waals surface area contributed by atoms with Crippen molar-refractivity contribution >= 4 is 17.8 Å². The molecule has 0 aliphatic heterocycles. The lowest BCUT2D eigenvalue weighted by Crippen LogP contribution is -2.39. The highest BCUT2D eigenvalue weighted by atomic mass is 16.5. The van der Waals surface area contributed by atoms with Gasteiger partial charge in [-0.05, 0) is 24.5 Å². The highest BCUT2D eigenvalue weighted by molar-refractivity contribution is 5.88. The van der Waals surface area contributed by atoms with Gasteiger partial charge in [-0.1, -0.05) is 30.3 Å². The number of carboxylic acid groups (broad SMARTS) is 1. The molecular formula is C17H20N4O4. The Labute approximate surface area is 145 Å². The fraction of sp³-hybridized carbons (Fsp3) is 0.294. The van der Waals surface area contributed by atoms with Gasteiger partial charge in [-0.2, -0.15) is 4.98 Å². The summed E-state index contributed by atoms with van der Waals surface area (Å²) in [7, 11) is 1.43. The molecule has 0 aliphatic carbocycles. The van der Waals surface area contributed by atoms with Crippen LogP contribution in [0.1, 0.15) is 18.4 Å². The van der Waals surface area contributed by atoms with E-state index in [0.29, 0.717) is 18.7 Å². The van der Waals surface area contributed by atoms with Crippen LogP contribution in [-0.2, 0) is 11.2 Å². The standard InChI is InChI=1S/C17H20N4O4/c1-25-17-18-10-9-14(21-17)20-16(24)19-13(7-8-15(22)23)11-12-5-3-2-4-6-12/h2-6,9-10,13H,7-8,11H2,1H3,(H,22,23)(H2,18,19,20,21,24). The minimum atomic E-state index is -0.902. The van der Waals surface area contributed by atoms with Crippen LogP contribution in [0, 0.1) is 0 Å². The van der Waals surface area contributed by atoms with Crippen LogP contribution >= 0.6 is 0 Å². The van der Waals surface area contributed by atoms with Gasteiger partial charge in [0.1, 0.15) is 5.82 Å². The molecular weight excluding hydrogens is 324 g/mol. The Morgan fingerprint density at radius 2 is 2.00 bits per heavy atom. The summed E-state index contributed by atoms with van der Waals surface area (Å²) in [6, 6.07) is 10.5. The first-order valence-corrected chi connectivity index (χ1v) is 7.77. The third kappa shape index (κ3) is 6.46. The molecule has 1 aromatic heterocycles. The molecule has 1 aromatic carbocycles. The molecule has 0 spiro atoms. The van der Waals surface area contributed by atoms with E-state index in [0.717, 1.165) is 5.56 Å². The van der Waals surface area contributed by atoms with Crippen molar-refractivity contribution < 1.29 is 19.4 Å². The third-order valence-corrected chi connectivity index (χ3v) is 3.42. The molecule has 3 N–H and O–H groups in total. The molecule has 25 heavy (non-hydrogen) atoms. The first kappa shape index (κ1) is 18.2. The maximum absolute atomic E-state index is 12.2. The molecule has 132 valence electrons. The zero-order valence-electron chi connectivity index (χ0n) is 13.8. The smallest absolute Gasteiger partial charge is 0.320 e. The Morgan fingerprint density at radius 1 is 1.24 bits per heavy atom. The fourth-order valence-electron chi connectivity index (χ4n) is 2.27. The predicted octanol–water partition coefficient (Wildman–Crippen LogP) is 2.08. The molecule has 1 heterocycles. The maximum Gasteiger partial charge on any atom is 0.320 e. The van der Waals surface area contributed by atoms with Gasteiger partial charge in [0, 0.05) is 18.7 Å².